The van der Waals surface area contributed by atoms with Crippen LogP contribution in [0, 0.1) is 13.8 Å². The molecule has 32 heavy (non-hydrogen) atoms. The first kappa shape index (κ1) is 19.5. The van der Waals surface area contributed by atoms with Gasteiger partial charge in [-0.15, -0.1) is 22.7 Å². The fraction of sp³-hybridized carbons (Fsp3) is 0.0667. The molecule has 2 aromatic heterocycles. The normalized spacial score (nSPS) is 11.4. The van der Waals surface area contributed by atoms with Crippen molar-refractivity contribution in [2.24, 2.45) is 0 Å². The molecule has 0 N–H and O–H groups in total. The Bertz CT molecular complexity index is 1580. The summed E-state index contributed by atoms with van der Waals surface area (Å²) < 4.78 is 2.72. The smallest absolute Gasteiger partial charge is 0.0434 e. The Hall–Kier alpha value is -3.20. The minimum Gasteiger partial charge on any atom is -0.141 e. The van der Waals surface area contributed by atoms with Gasteiger partial charge in [0.05, 0.1) is 0 Å². The third kappa shape index (κ3) is 3.28. The quantitative estimate of drug-likeness (QED) is 0.254. The number of thiophene rings is 2. The maximum Gasteiger partial charge on any atom is 0.0434 e. The van der Waals surface area contributed by atoms with Crippen LogP contribution in [0.2, 0.25) is 0 Å². The molecule has 0 aliphatic heterocycles. The lowest BCUT2D eigenvalue weighted by molar-refractivity contribution is 1.52. The zero-order chi connectivity index (χ0) is 21.7. The summed E-state index contributed by atoms with van der Waals surface area (Å²) in [6.07, 6.45) is 0. The zero-order valence-corrected chi connectivity index (χ0v) is 19.7. The number of benzene rings is 4. The molecule has 0 bridgehead atoms. The fourth-order valence-electron chi connectivity index (χ4n) is 4.50. The van der Waals surface area contributed by atoms with E-state index < -0.39 is 0 Å². The van der Waals surface area contributed by atoms with Crippen molar-refractivity contribution in [3.63, 3.8) is 0 Å². The lowest BCUT2D eigenvalue weighted by atomic mass is 9.93. The fourth-order valence-corrected chi connectivity index (χ4v) is 6.58. The zero-order valence-electron chi connectivity index (χ0n) is 18.1. The van der Waals surface area contributed by atoms with Crippen LogP contribution < -0.4 is 0 Å². The first-order valence-corrected chi connectivity index (χ1v) is 12.5. The number of hydrogen-bond acceptors (Lipinski definition) is 2. The lowest BCUT2D eigenvalue weighted by Crippen LogP contribution is -1.85. The van der Waals surface area contributed by atoms with Gasteiger partial charge in [0.15, 0.2) is 0 Å². The number of aryl methyl sites for hydroxylation is 2. The van der Waals surface area contributed by atoms with Crippen molar-refractivity contribution in [1.29, 1.82) is 0 Å². The summed E-state index contributed by atoms with van der Waals surface area (Å²) in [7, 11) is 0. The van der Waals surface area contributed by atoms with Gasteiger partial charge in [-0.3, -0.25) is 0 Å². The Morgan fingerprint density at radius 1 is 0.531 bits per heavy atom. The van der Waals surface area contributed by atoms with Crippen molar-refractivity contribution in [2.45, 2.75) is 13.8 Å². The van der Waals surface area contributed by atoms with E-state index in [1.807, 2.05) is 22.7 Å². The van der Waals surface area contributed by atoms with Crippen LogP contribution in [0.5, 0.6) is 0 Å². The van der Waals surface area contributed by atoms with Gasteiger partial charge in [-0.2, -0.15) is 0 Å². The van der Waals surface area contributed by atoms with Gasteiger partial charge in [0, 0.05) is 35.5 Å². The van der Waals surface area contributed by atoms with Crippen molar-refractivity contribution in [2.75, 3.05) is 0 Å². The van der Waals surface area contributed by atoms with Crippen LogP contribution in [-0.4, -0.2) is 0 Å². The van der Waals surface area contributed by atoms with E-state index in [1.165, 1.54) is 63.3 Å². The van der Waals surface area contributed by atoms with E-state index in [2.05, 4.69) is 111 Å². The lowest BCUT2D eigenvalue weighted by Gasteiger charge is -2.12. The van der Waals surface area contributed by atoms with Gasteiger partial charge >= 0.3 is 0 Å². The van der Waals surface area contributed by atoms with Gasteiger partial charge in [0.2, 0.25) is 0 Å². The van der Waals surface area contributed by atoms with Crippen LogP contribution >= 0.6 is 22.7 Å². The first-order valence-electron chi connectivity index (χ1n) is 10.9. The van der Waals surface area contributed by atoms with E-state index in [-0.39, 0.29) is 0 Å². The molecule has 2 heteroatoms. The maximum atomic E-state index is 2.31. The molecule has 0 radical (unpaired) electrons. The highest BCUT2D eigenvalue weighted by Gasteiger charge is 2.14. The standard InChI is InChI=1S/C30H22S2/c1-19-10-16-29-27(18-19)26-9-5-8-25(30(26)32-29)24-7-4-3-6-23(24)21-12-14-22(15-13-21)28-17-11-20(2)31-28/h3-18H,1-2H3. The molecule has 0 amide bonds. The Kier molecular flexibility index (Phi) is 4.71. The average molecular weight is 447 g/mol. The van der Waals surface area contributed by atoms with E-state index in [1.54, 1.807) is 0 Å². The Labute approximate surface area is 196 Å². The van der Waals surface area contributed by atoms with Gasteiger partial charge < -0.3 is 0 Å². The van der Waals surface area contributed by atoms with Crippen molar-refractivity contribution in [3.8, 4) is 32.7 Å². The van der Waals surface area contributed by atoms with E-state index in [9.17, 15) is 0 Å². The SMILES string of the molecule is Cc1ccc2sc3c(-c4ccccc4-c4ccc(-c5ccc(C)s5)cc4)cccc3c2c1. The predicted molar refractivity (Wildman–Crippen MR) is 143 cm³/mol. The van der Waals surface area contributed by atoms with E-state index in [0.717, 1.165) is 0 Å². The second-order valence-electron chi connectivity index (χ2n) is 8.32. The molecular formula is C30H22S2. The first-order chi connectivity index (χ1) is 15.7. The second kappa shape index (κ2) is 7.74. The minimum absolute atomic E-state index is 1.26. The minimum atomic E-state index is 1.26. The van der Waals surface area contributed by atoms with Gasteiger partial charge in [0.25, 0.3) is 0 Å². The molecule has 6 aromatic rings. The van der Waals surface area contributed by atoms with Crippen molar-refractivity contribution >= 4 is 42.8 Å². The van der Waals surface area contributed by atoms with Gasteiger partial charge in [0.1, 0.15) is 0 Å². The summed E-state index contributed by atoms with van der Waals surface area (Å²) in [5, 5.41) is 2.71. The average Bonchev–Trinajstić information content (AvgIpc) is 3.42. The molecule has 0 atom stereocenters. The summed E-state index contributed by atoms with van der Waals surface area (Å²) in [4.78, 5) is 2.67. The number of hydrogen-bond donors (Lipinski definition) is 0. The van der Waals surface area contributed by atoms with Crippen LogP contribution in [0.3, 0.4) is 0 Å². The molecule has 0 unspecified atom stereocenters. The summed E-state index contributed by atoms with van der Waals surface area (Å²) >= 11 is 3.75. The highest BCUT2D eigenvalue weighted by Crippen LogP contribution is 2.43. The Balaban J connectivity index is 1.50. The van der Waals surface area contributed by atoms with Gasteiger partial charge in [-0.1, -0.05) is 78.4 Å². The molecule has 4 aromatic carbocycles. The van der Waals surface area contributed by atoms with Crippen molar-refractivity contribution in [3.05, 3.63) is 108 Å². The Morgan fingerprint density at radius 2 is 1.28 bits per heavy atom. The monoisotopic (exact) mass is 446 g/mol. The molecule has 0 spiro atoms. The van der Waals surface area contributed by atoms with E-state index >= 15 is 0 Å². The van der Waals surface area contributed by atoms with E-state index in [0.29, 0.717) is 0 Å². The third-order valence-electron chi connectivity index (χ3n) is 6.09. The molecule has 0 aliphatic carbocycles. The summed E-state index contributed by atoms with van der Waals surface area (Å²) in [5.74, 6) is 0. The summed E-state index contributed by atoms with van der Waals surface area (Å²) in [6.45, 7) is 4.33. The molecule has 0 saturated carbocycles. The third-order valence-corrected chi connectivity index (χ3v) is 8.36. The van der Waals surface area contributed by atoms with Crippen LogP contribution in [0.4, 0.5) is 0 Å². The highest BCUT2D eigenvalue weighted by molar-refractivity contribution is 7.26. The van der Waals surface area contributed by atoms with Gasteiger partial charge in [-0.05, 0) is 60.4 Å². The largest absolute Gasteiger partial charge is 0.141 e. The van der Waals surface area contributed by atoms with Crippen molar-refractivity contribution < 1.29 is 0 Å². The predicted octanol–water partition coefficient (Wildman–Crippen LogP) is 9.73. The number of rotatable bonds is 3. The highest BCUT2D eigenvalue weighted by atomic mass is 32.1. The molecule has 6 rings (SSSR count). The van der Waals surface area contributed by atoms with Gasteiger partial charge in [-0.25, -0.2) is 0 Å². The molecule has 154 valence electrons. The topological polar surface area (TPSA) is 0 Å². The second-order valence-corrected chi connectivity index (χ2v) is 10.7. The Morgan fingerprint density at radius 3 is 2.06 bits per heavy atom. The van der Waals surface area contributed by atoms with Crippen molar-refractivity contribution in [1.82, 2.24) is 0 Å². The van der Waals surface area contributed by atoms with E-state index in [4.69, 9.17) is 0 Å². The molecule has 0 nitrogen and oxygen atoms in total. The summed E-state index contributed by atoms with van der Waals surface area (Å²) in [5.41, 5.74) is 7.74. The molecule has 0 saturated heterocycles. The van der Waals surface area contributed by atoms with Crippen LogP contribution in [0.25, 0.3) is 52.9 Å². The summed E-state index contributed by atoms with van der Waals surface area (Å²) in [6, 6.07) is 35.7. The molecule has 2 heterocycles. The molecular weight excluding hydrogens is 424 g/mol. The molecule has 0 fully saturated rings. The molecule has 0 aliphatic rings. The number of fused-ring (bicyclic) bond motifs is 3. The van der Waals surface area contributed by atoms with Crippen LogP contribution in [0.15, 0.2) is 97.1 Å². The van der Waals surface area contributed by atoms with Crippen LogP contribution in [0.1, 0.15) is 10.4 Å². The maximum absolute atomic E-state index is 2.31. The van der Waals surface area contributed by atoms with Crippen LogP contribution in [-0.2, 0) is 0 Å².